The lowest BCUT2D eigenvalue weighted by atomic mass is 9.96. The van der Waals surface area contributed by atoms with Crippen LogP contribution in [-0.4, -0.2) is 19.9 Å². The molecule has 0 aliphatic heterocycles. The third kappa shape index (κ3) is 5.81. The molecule has 0 unspecified atom stereocenters. The smallest absolute Gasteiger partial charge is 0.261 e. The van der Waals surface area contributed by atoms with Gasteiger partial charge in [-0.05, 0) is 21.8 Å². The molecule has 2 aromatic carbocycles. The summed E-state index contributed by atoms with van der Waals surface area (Å²) in [5.41, 5.74) is 0.940. The molecule has 0 radical (unpaired) electrons. The Balaban J connectivity index is 1.93. The second-order valence-electron chi connectivity index (χ2n) is 10.2. The van der Waals surface area contributed by atoms with Gasteiger partial charge in [0.15, 0.2) is 0 Å². The van der Waals surface area contributed by atoms with Crippen LogP contribution in [0.15, 0.2) is 90.9 Å². The molecule has 0 bridgehead atoms. The van der Waals surface area contributed by atoms with Crippen molar-refractivity contribution in [2.45, 2.75) is 57.9 Å². The highest BCUT2D eigenvalue weighted by molar-refractivity contribution is 7.09. The SMILES string of the molecule is C=CC/C=C/Cc1csc(C(C)(C)CO[Si](c2ccccc2)(c2ccccc2)C(C)(C)C)n1. The second-order valence-corrected chi connectivity index (χ2v) is 15.3. The van der Waals surface area contributed by atoms with Gasteiger partial charge in [0.2, 0.25) is 0 Å². The number of thiazole rings is 1. The Hall–Kier alpha value is -2.27. The van der Waals surface area contributed by atoms with Crippen molar-refractivity contribution in [2.75, 3.05) is 6.61 Å². The van der Waals surface area contributed by atoms with Gasteiger partial charge in [0.1, 0.15) is 5.01 Å². The van der Waals surface area contributed by atoms with Gasteiger partial charge in [0, 0.05) is 23.8 Å². The van der Waals surface area contributed by atoms with E-state index in [0.29, 0.717) is 6.61 Å². The zero-order valence-corrected chi connectivity index (χ0v) is 22.5. The lowest BCUT2D eigenvalue weighted by molar-refractivity contribution is 0.226. The summed E-state index contributed by atoms with van der Waals surface area (Å²) in [7, 11) is -2.56. The maximum atomic E-state index is 7.19. The molecule has 0 N–H and O–H groups in total. The highest BCUT2D eigenvalue weighted by Crippen LogP contribution is 2.38. The summed E-state index contributed by atoms with van der Waals surface area (Å²) in [5, 5.41) is 5.90. The van der Waals surface area contributed by atoms with Crippen molar-refractivity contribution in [1.29, 1.82) is 0 Å². The third-order valence-electron chi connectivity index (χ3n) is 5.99. The Kier molecular flexibility index (Phi) is 8.27. The van der Waals surface area contributed by atoms with Crippen LogP contribution < -0.4 is 10.4 Å². The first-order valence-corrected chi connectivity index (χ1v) is 14.5. The molecule has 2 nitrogen and oxygen atoms in total. The van der Waals surface area contributed by atoms with Gasteiger partial charge in [-0.15, -0.1) is 17.9 Å². The fourth-order valence-corrected chi connectivity index (χ4v) is 9.90. The average Bonchev–Trinajstić information content (AvgIpc) is 3.28. The summed E-state index contributed by atoms with van der Waals surface area (Å²) in [6, 6.07) is 21.7. The quantitative estimate of drug-likeness (QED) is 0.241. The molecule has 0 aliphatic rings. The fraction of sp³-hybridized carbons (Fsp3) is 0.345. The molecule has 1 heterocycles. The van der Waals surface area contributed by atoms with Crippen LogP contribution in [-0.2, 0) is 16.3 Å². The summed E-state index contributed by atoms with van der Waals surface area (Å²) in [4.78, 5) is 4.96. The van der Waals surface area contributed by atoms with Gasteiger partial charge in [-0.3, -0.25) is 0 Å². The normalized spacial score (nSPS) is 12.9. The van der Waals surface area contributed by atoms with Crippen LogP contribution in [0, 0.1) is 0 Å². The molecule has 3 aromatic rings. The van der Waals surface area contributed by atoms with E-state index < -0.39 is 8.32 Å². The molecular weight excluding hydrogens is 438 g/mol. The zero-order valence-electron chi connectivity index (χ0n) is 20.7. The average molecular weight is 476 g/mol. The van der Waals surface area contributed by atoms with Crippen LogP contribution in [0.25, 0.3) is 0 Å². The molecule has 0 spiro atoms. The molecule has 3 rings (SSSR count). The van der Waals surface area contributed by atoms with Gasteiger partial charge in [0.25, 0.3) is 8.32 Å². The fourth-order valence-electron chi connectivity index (χ4n) is 4.22. The predicted octanol–water partition coefficient (Wildman–Crippen LogP) is 6.67. The van der Waals surface area contributed by atoms with Gasteiger partial charge in [-0.1, -0.05) is 114 Å². The lowest BCUT2D eigenvalue weighted by Crippen LogP contribution is -2.67. The topological polar surface area (TPSA) is 22.1 Å². The van der Waals surface area contributed by atoms with Crippen molar-refractivity contribution < 1.29 is 4.43 Å². The van der Waals surface area contributed by atoms with Crippen molar-refractivity contribution in [3.8, 4) is 0 Å². The van der Waals surface area contributed by atoms with Crippen LogP contribution in [0.4, 0.5) is 0 Å². The van der Waals surface area contributed by atoms with Crippen LogP contribution >= 0.6 is 11.3 Å². The van der Waals surface area contributed by atoms with Crippen LogP contribution in [0.2, 0.25) is 5.04 Å². The molecule has 0 fully saturated rings. The highest BCUT2D eigenvalue weighted by atomic mass is 32.1. The number of allylic oxidation sites excluding steroid dienone is 3. The largest absolute Gasteiger partial charge is 0.406 e. The predicted molar refractivity (Wildman–Crippen MR) is 146 cm³/mol. The minimum absolute atomic E-state index is 0.0320. The van der Waals surface area contributed by atoms with Gasteiger partial charge < -0.3 is 4.43 Å². The highest BCUT2D eigenvalue weighted by Gasteiger charge is 2.51. The maximum absolute atomic E-state index is 7.19. The first-order valence-electron chi connectivity index (χ1n) is 11.7. The summed E-state index contributed by atoms with van der Waals surface area (Å²) in [6.45, 7) is 15.9. The van der Waals surface area contributed by atoms with E-state index in [1.165, 1.54) is 10.4 Å². The van der Waals surface area contributed by atoms with Gasteiger partial charge in [0.05, 0.1) is 5.69 Å². The van der Waals surface area contributed by atoms with E-state index in [0.717, 1.165) is 23.5 Å². The number of hydrogen-bond acceptors (Lipinski definition) is 3. The van der Waals surface area contributed by atoms with Crippen molar-refractivity contribution in [3.05, 3.63) is 102 Å². The van der Waals surface area contributed by atoms with E-state index in [2.05, 4.69) is 119 Å². The van der Waals surface area contributed by atoms with Gasteiger partial charge in [-0.25, -0.2) is 4.98 Å². The van der Waals surface area contributed by atoms with Crippen LogP contribution in [0.1, 0.15) is 51.7 Å². The zero-order chi connectivity index (χ0) is 24.0. The van der Waals surface area contributed by atoms with E-state index in [1.807, 2.05) is 6.08 Å². The summed E-state index contributed by atoms with van der Waals surface area (Å²) in [5.74, 6) is 0. The van der Waals surface area contributed by atoms with E-state index in [1.54, 1.807) is 11.3 Å². The number of rotatable bonds is 10. The van der Waals surface area contributed by atoms with Gasteiger partial charge in [-0.2, -0.15) is 0 Å². The van der Waals surface area contributed by atoms with E-state index in [4.69, 9.17) is 9.41 Å². The monoisotopic (exact) mass is 475 g/mol. The third-order valence-corrected chi connectivity index (χ3v) is 12.2. The summed E-state index contributed by atoms with van der Waals surface area (Å²) in [6.07, 6.45) is 7.98. The molecule has 0 aliphatic carbocycles. The number of aromatic nitrogens is 1. The maximum Gasteiger partial charge on any atom is 0.261 e. The Labute approximate surface area is 205 Å². The Bertz CT molecular complexity index is 1010. The first-order chi connectivity index (χ1) is 15.7. The van der Waals surface area contributed by atoms with E-state index >= 15 is 0 Å². The lowest BCUT2D eigenvalue weighted by Gasteiger charge is -2.44. The summed E-state index contributed by atoms with van der Waals surface area (Å²) < 4.78 is 7.19. The Morgan fingerprint density at radius 1 is 0.909 bits per heavy atom. The van der Waals surface area contributed by atoms with Crippen LogP contribution in [0.3, 0.4) is 0 Å². The minimum atomic E-state index is -2.56. The standard InChI is InChI=1S/C29H37NOSSi/c1-7-8-9-12-17-24-22-32-27(30-24)29(5,6)23-31-33(28(2,3)4,25-18-13-10-14-19-25)26-20-15-11-16-21-26/h7,9-16,18-22H,1,8,17,23H2,2-6H3/b12-9+. The Morgan fingerprint density at radius 2 is 1.48 bits per heavy atom. The molecular formula is C29H37NOSSi. The number of benzene rings is 2. The van der Waals surface area contributed by atoms with E-state index in [-0.39, 0.29) is 10.5 Å². The summed E-state index contributed by atoms with van der Waals surface area (Å²) >= 11 is 1.74. The van der Waals surface area contributed by atoms with Crippen molar-refractivity contribution >= 4 is 30.0 Å². The van der Waals surface area contributed by atoms with Crippen molar-refractivity contribution in [1.82, 2.24) is 4.98 Å². The molecule has 174 valence electrons. The molecule has 1 aromatic heterocycles. The van der Waals surface area contributed by atoms with Crippen molar-refractivity contribution in [3.63, 3.8) is 0 Å². The number of hydrogen-bond donors (Lipinski definition) is 0. The minimum Gasteiger partial charge on any atom is -0.406 e. The Morgan fingerprint density at radius 3 is 2.00 bits per heavy atom. The molecule has 0 atom stereocenters. The molecule has 4 heteroatoms. The molecule has 33 heavy (non-hydrogen) atoms. The number of nitrogens with zero attached hydrogens (tertiary/aromatic N) is 1. The van der Waals surface area contributed by atoms with E-state index in [9.17, 15) is 0 Å². The first kappa shape index (κ1) is 25.4. The molecule has 0 saturated carbocycles. The van der Waals surface area contributed by atoms with Gasteiger partial charge >= 0.3 is 0 Å². The van der Waals surface area contributed by atoms with Crippen molar-refractivity contribution in [2.24, 2.45) is 0 Å². The van der Waals surface area contributed by atoms with Crippen LogP contribution in [0.5, 0.6) is 0 Å². The molecule has 0 saturated heterocycles. The second kappa shape index (κ2) is 10.8. The molecule has 0 amide bonds.